The number of rotatable bonds is 3. The molecular weight excluding hydrogens is 344 g/mol. The first-order valence-electron chi connectivity index (χ1n) is 8.29. The molecule has 3 rings (SSSR count). The third-order valence-electron chi connectivity index (χ3n) is 5.04. The largest absolute Gasteiger partial charge is 0.419 e. The van der Waals surface area contributed by atoms with E-state index in [1.807, 2.05) is 0 Å². The van der Waals surface area contributed by atoms with Gasteiger partial charge in [-0.2, -0.15) is 13.2 Å². The average molecular weight is 367 g/mol. The maximum absolute atomic E-state index is 14.7. The van der Waals surface area contributed by atoms with Crippen molar-refractivity contribution in [2.45, 2.75) is 37.9 Å². The van der Waals surface area contributed by atoms with E-state index in [1.165, 1.54) is 12.1 Å². The topological polar surface area (TPSA) is 15.3 Å². The highest BCUT2D eigenvalue weighted by Gasteiger charge is 2.39. The molecule has 1 saturated carbocycles. The van der Waals surface area contributed by atoms with Crippen LogP contribution >= 0.6 is 12.4 Å². The van der Waals surface area contributed by atoms with Gasteiger partial charge in [0.15, 0.2) is 0 Å². The molecule has 1 N–H and O–H groups in total. The fraction of sp³-hybridized carbons (Fsp3) is 0.647. The zero-order valence-corrected chi connectivity index (χ0v) is 14.2. The van der Waals surface area contributed by atoms with Crippen LogP contribution in [0, 0.1) is 11.7 Å². The molecular formula is C17H23ClF4N2. The number of nitrogens with one attached hydrogen (secondary N) is 1. The van der Waals surface area contributed by atoms with Crippen LogP contribution in [0.25, 0.3) is 0 Å². The molecule has 0 unspecified atom stereocenters. The number of nitrogens with zero attached hydrogens (tertiary/aromatic N) is 1. The smallest absolute Gasteiger partial charge is 0.314 e. The second kappa shape index (κ2) is 8.02. The molecule has 7 heteroatoms. The number of hydrogen-bond donors (Lipinski definition) is 1. The molecule has 0 aromatic heterocycles. The minimum absolute atomic E-state index is 0. The van der Waals surface area contributed by atoms with Crippen molar-refractivity contribution in [3.05, 3.63) is 35.1 Å². The molecule has 1 saturated heterocycles. The molecule has 2 fully saturated rings. The SMILES string of the molecule is Cl.Fc1c([C@H](C2CCCC2)N2CCNCC2)cccc1C(F)(F)F. The second-order valence-electron chi connectivity index (χ2n) is 6.48. The van der Waals surface area contributed by atoms with Crippen molar-refractivity contribution in [2.24, 2.45) is 5.92 Å². The molecule has 24 heavy (non-hydrogen) atoms. The molecule has 1 aliphatic carbocycles. The van der Waals surface area contributed by atoms with Gasteiger partial charge in [0.2, 0.25) is 0 Å². The van der Waals surface area contributed by atoms with E-state index in [0.29, 0.717) is 0 Å². The highest BCUT2D eigenvalue weighted by molar-refractivity contribution is 5.85. The van der Waals surface area contributed by atoms with Gasteiger partial charge >= 0.3 is 6.18 Å². The number of halogens is 5. The van der Waals surface area contributed by atoms with Gasteiger partial charge in [-0.25, -0.2) is 4.39 Å². The fourth-order valence-electron chi connectivity index (χ4n) is 3.98. The van der Waals surface area contributed by atoms with Crippen LogP contribution in [0.4, 0.5) is 17.6 Å². The second-order valence-corrected chi connectivity index (χ2v) is 6.48. The lowest BCUT2D eigenvalue weighted by molar-refractivity contribution is -0.140. The standard InChI is InChI=1S/C17H22F4N2.ClH/c18-15-13(6-3-7-14(15)17(19,20)21)16(12-4-1-2-5-12)23-10-8-22-9-11-23;/h3,6-7,12,16,22H,1-2,4-5,8-11H2;1H/t16-;/m0./s1. The summed E-state index contributed by atoms with van der Waals surface area (Å²) in [5.41, 5.74) is -0.929. The van der Waals surface area contributed by atoms with Crippen LogP contribution in [0.3, 0.4) is 0 Å². The Bertz CT molecular complexity index is 538. The van der Waals surface area contributed by atoms with Crippen molar-refractivity contribution in [3.63, 3.8) is 0 Å². The van der Waals surface area contributed by atoms with Gasteiger partial charge in [0, 0.05) is 37.8 Å². The van der Waals surface area contributed by atoms with Gasteiger partial charge in [-0.3, -0.25) is 4.90 Å². The summed E-state index contributed by atoms with van der Waals surface area (Å²) in [4.78, 5) is 2.16. The summed E-state index contributed by atoms with van der Waals surface area (Å²) >= 11 is 0. The predicted octanol–water partition coefficient (Wildman–Crippen LogP) is 4.40. The van der Waals surface area contributed by atoms with Crippen LogP contribution in [0.15, 0.2) is 18.2 Å². The summed E-state index contributed by atoms with van der Waals surface area (Å²) in [6.07, 6.45) is -0.569. The van der Waals surface area contributed by atoms with Crippen molar-refractivity contribution < 1.29 is 17.6 Å². The third kappa shape index (κ3) is 4.03. The Morgan fingerprint density at radius 1 is 1.08 bits per heavy atom. The lowest BCUT2D eigenvalue weighted by Crippen LogP contribution is -2.47. The van der Waals surface area contributed by atoms with Crippen molar-refractivity contribution in [1.29, 1.82) is 0 Å². The normalized spacial score (nSPS) is 21.5. The van der Waals surface area contributed by atoms with Gasteiger partial charge in [0.1, 0.15) is 5.82 Å². The summed E-state index contributed by atoms with van der Waals surface area (Å²) in [6, 6.07) is 3.46. The first-order chi connectivity index (χ1) is 11.0. The zero-order chi connectivity index (χ0) is 16.4. The fourth-order valence-corrected chi connectivity index (χ4v) is 3.98. The Morgan fingerprint density at radius 3 is 2.29 bits per heavy atom. The Kier molecular flexibility index (Phi) is 6.51. The third-order valence-corrected chi connectivity index (χ3v) is 5.04. The molecule has 0 spiro atoms. The van der Waals surface area contributed by atoms with Crippen molar-refractivity contribution >= 4 is 12.4 Å². The van der Waals surface area contributed by atoms with Crippen molar-refractivity contribution in [2.75, 3.05) is 26.2 Å². The summed E-state index contributed by atoms with van der Waals surface area (Å²) < 4.78 is 53.8. The molecule has 1 aliphatic heterocycles. The molecule has 1 aromatic carbocycles. The summed E-state index contributed by atoms with van der Waals surface area (Å²) in [7, 11) is 0. The van der Waals surface area contributed by atoms with E-state index >= 15 is 0 Å². The number of benzene rings is 1. The van der Waals surface area contributed by atoms with E-state index in [0.717, 1.165) is 57.9 Å². The van der Waals surface area contributed by atoms with Crippen LogP contribution in [0.1, 0.15) is 42.9 Å². The van der Waals surface area contributed by atoms with E-state index in [9.17, 15) is 17.6 Å². The minimum Gasteiger partial charge on any atom is -0.314 e. The Morgan fingerprint density at radius 2 is 1.71 bits per heavy atom. The molecule has 1 heterocycles. The Balaban J connectivity index is 0.00000208. The van der Waals surface area contributed by atoms with Gasteiger partial charge in [-0.05, 0) is 24.8 Å². The van der Waals surface area contributed by atoms with Crippen LogP contribution in [-0.4, -0.2) is 31.1 Å². The number of hydrogen-bond acceptors (Lipinski definition) is 2. The van der Waals surface area contributed by atoms with Crippen LogP contribution in [-0.2, 0) is 6.18 Å². The minimum atomic E-state index is -4.65. The van der Waals surface area contributed by atoms with Crippen molar-refractivity contribution in [3.8, 4) is 0 Å². The lowest BCUT2D eigenvalue weighted by Gasteiger charge is -2.39. The number of piperazine rings is 1. The molecule has 2 aliphatic rings. The first kappa shape index (κ1) is 19.5. The zero-order valence-electron chi connectivity index (χ0n) is 13.4. The monoisotopic (exact) mass is 366 g/mol. The molecule has 136 valence electrons. The van der Waals surface area contributed by atoms with E-state index in [-0.39, 0.29) is 29.9 Å². The molecule has 1 atom stereocenters. The molecule has 1 aromatic rings. The highest BCUT2D eigenvalue weighted by atomic mass is 35.5. The van der Waals surface area contributed by atoms with Crippen molar-refractivity contribution in [1.82, 2.24) is 10.2 Å². The maximum Gasteiger partial charge on any atom is 0.419 e. The Hall–Kier alpha value is -0.850. The van der Waals surface area contributed by atoms with E-state index in [1.54, 1.807) is 0 Å². The van der Waals surface area contributed by atoms with Crippen LogP contribution in [0.2, 0.25) is 0 Å². The lowest BCUT2D eigenvalue weighted by atomic mass is 9.88. The molecule has 0 radical (unpaired) electrons. The predicted molar refractivity (Wildman–Crippen MR) is 87.8 cm³/mol. The van der Waals surface area contributed by atoms with Crippen LogP contribution in [0.5, 0.6) is 0 Å². The summed E-state index contributed by atoms with van der Waals surface area (Å²) in [5, 5.41) is 3.25. The average Bonchev–Trinajstić information content (AvgIpc) is 3.03. The molecule has 0 amide bonds. The first-order valence-corrected chi connectivity index (χ1v) is 8.29. The van der Waals surface area contributed by atoms with Crippen LogP contribution < -0.4 is 5.32 Å². The van der Waals surface area contributed by atoms with E-state index in [2.05, 4.69) is 10.2 Å². The van der Waals surface area contributed by atoms with Gasteiger partial charge in [-0.1, -0.05) is 25.0 Å². The highest BCUT2D eigenvalue weighted by Crippen LogP contribution is 2.42. The molecule has 0 bridgehead atoms. The molecule has 2 nitrogen and oxygen atoms in total. The summed E-state index contributed by atoms with van der Waals surface area (Å²) in [6.45, 7) is 3.08. The van der Waals surface area contributed by atoms with Gasteiger partial charge in [0.05, 0.1) is 5.56 Å². The van der Waals surface area contributed by atoms with Gasteiger partial charge in [0.25, 0.3) is 0 Å². The van der Waals surface area contributed by atoms with Gasteiger partial charge in [-0.15, -0.1) is 12.4 Å². The van der Waals surface area contributed by atoms with E-state index < -0.39 is 17.6 Å². The van der Waals surface area contributed by atoms with E-state index in [4.69, 9.17) is 0 Å². The maximum atomic E-state index is 14.7. The summed E-state index contributed by atoms with van der Waals surface area (Å²) in [5.74, 6) is -0.846. The van der Waals surface area contributed by atoms with Gasteiger partial charge < -0.3 is 5.32 Å². The number of alkyl halides is 3. The Labute approximate surface area is 146 Å². The quantitative estimate of drug-likeness (QED) is 0.797.